The molecule has 0 fully saturated rings. The molecule has 6 rings (SSSR count). The van der Waals surface area contributed by atoms with Crippen LogP contribution in [0, 0.1) is 5.92 Å². The number of para-hydroxylation sites is 2. The van der Waals surface area contributed by atoms with Gasteiger partial charge in [0.25, 0.3) is 5.91 Å². The number of carbonyl (C=O) groups excluding carboxylic acids is 2. The first kappa shape index (κ1) is 24.7. The Bertz CT molecular complexity index is 1640. The molecule has 5 aromatic rings. The van der Waals surface area contributed by atoms with Crippen LogP contribution in [0.2, 0.25) is 0 Å². The summed E-state index contributed by atoms with van der Waals surface area (Å²) in [4.78, 5) is 33.7. The van der Waals surface area contributed by atoms with Gasteiger partial charge in [0.15, 0.2) is 0 Å². The maximum Gasteiger partial charge on any atom is 0.255 e. The molecule has 1 aliphatic heterocycles. The van der Waals surface area contributed by atoms with Crippen molar-refractivity contribution in [2.24, 2.45) is 5.92 Å². The summed E-state index contributed by atoms with van der Waals surface area (Å²) < 4.78 is 0. The van der Waals surface area contributed by atoms with Crippen LogP contribution in [0.3, 0.4) is 0 Å². The average molecular weight is 514 g/mol. The van der Waals surface area contributed by atoms with Crippen molar-refractivity contribution in [3.8, 4) is 11.3 Å². The molecule has 2 N–H and O–H groups in total. The molecular weight excluding hydrogens is 482 g/mol. The van der Waals surface area contributed by atoms with Crippen LogP contribution in [0.25, 0.3) is 22.2 Å². The van der Waals surface area contributed by atoms with Crippen molar-refractivity contribution >= 4 is 28.4 Å². The summed E-state index contributed by atoms with van der Waals surface area (Å²) in [5, 5.41) is 4.13. The number of H-pyrrole nitrogens is 1. The van der Waals surface area contributed by atoms with Crippen molar-refractivity contribution in [1.82, 2.24) is 9.88 Å². The van der Waals surface area contributed by atoms with Crippen molar-refractivity contribution in [2.75, 3.05) is 5.32 Å². The molecule has 3 unspecified atom stereocenters. The van der Waals surface area contributed by atoms with Crippen LogP contribution >= 0.6 is 0 Å². The van der Waals surface area contributed by atoms with E-state index in [2.05, 4.69) is 48.4 Å². The summed E-state index contributed by atoms with van der Waals surface area (Å²) in [6.45, 7) is 4.12. The van der Waals surface area contributed by atoms with Gasteiger partial charge in [0, 0.05) is 27.7 Å². The minimum atomic E-state index is -0.669. The van der Waals surface area contributed by atoms with Gasteiger partial charge >= 0.3 is 0 Å². The van der Waals surface area contributed by atoms with Crippen molar-refractivity contribution in [2.45, 2.75) is 32.4 Å². The number of amides is 2. The normalized spacial score (nSPS) is 16.2. The standard InChI is InChI=1S/C34H31N3O2/c1-3-22(2)31(33(38)35-24-16-8-5-9-17-24)37-32(25-18-10-11-19-26(25)34(37)39)29-27-20-12-13-21-28(27)36-30(29)23-14-6-4-7-15-23/h4-22,31-32,36H,3H2,1-2H3,(H,35,38). The van der Waals surface area contributed by atoms with E-state index in [-0.39, 0.29) is 17.7 Å². The predicted octanol–water partition coefficient (Wildman–Crippen LogP) is 7.43. The molecule has 0 radical (unpaired) electrons. The summed E-state index contributed by atoms with van der Waals surface area (Å²) in [5.74, 6) is -0.365. The van der Waals surface area contributed by atoms with Crippen LogP contribution in [0.15, 0.2) is 109 Å². The van der Waals surface area contributed by atoms with Gasteiger partial charge in [-0.2, -0.15) is 0 Å². The number of hydrogen-bond acceptors (Lipinski definition) is 2. The van der Waals surface area contributed by atoms with E-state index in [1.807, 2.05) is 89.8 Å². The highest BCUT2D eigenvalue weighted by molar-refractivity contribution is 6.06. The second-order valence-electron chi connectivity index (χ2n) is 10.2. The van der Waals surface area contributed by atoms with Crippen LogP contribution < -0.4 is 5.32 Å². The molecule has 0 spiro atoms. The zero-order valence-corrected chi connectivity index (χ0v) is 22.1. The monoisotopic (exact) mass is 513 g/mol. The number of rotatable bonds is 7. The van der Waals surface area contributed by atoms with Gasteiger partial charge in [-0.3, -0.25) is 9.59 Å². The lowest BCUT2D eigenvalue weighted by atomic mass is 9.90. The molecule has 1 aliphatic rings. The summed E-state index contributed by atoms with van der Waals surface area (Å²) >= 11 is 0. The molecule has 2 heterocycles. The average Bonchev–Trinajstić information content (AvgIpc) is 3.49. The molecule has 3 atom stereocenters. The Morgan fingerprint density at radius 3 is 2.26 bits per heavy atom. The van der Waals surface area contributed by atoms with Gasteiger partial charge in [0.05, 0.1) is 11.7 Å². The molecular formula is C34H31N3O2. The maximum atomic E-state index is 14.2. The summed E-state index contributed by atoms with van der Waals surface area (Å²) in [5.41, 5.74) is 6.29. The van der Waals surface area contributed by atoms with Gasteiger partial charge < -0.3 is 15.2 Å². The Morgan fingerprint density at radius 2 is 1.51 bits per heavy atom. The van der Waals surface area contributed by atoms with E-state index in [4.69, 9.17) is 0 Å². The lowest BCUT2D eigenvalue weighted by Crippen LogP contribution is -2.50. The van der Waals surface area contributed by atoms with E-state index in [0.717, 1.165) is 39.7 Å². The lowest BCUT2D eigenvalue weighted by Gasteiger charge is -2.36. The molecule has 4 aromatic carbocycles. The summed E-state index contributed by atoms with van der Waals surface area (Å²) in [6.07, 6.45) is 0.749. The molecule has 5 heteroatoms. The number of carbonyl (C=O) groups is 2. The Labute approximate surface area is 228 Å². The van der Waals surface area contributed by atoms with Gasteiger partial charge in [-0.25, -0.2) is 0 Å². The third kappa shape index (κ3) is 4.30. The van der Waals surface area contributed by atoms with Crippen LogP contribution in [0.4, 0.5) is 5.69 Å². The fraction of sp³-hybridized carbons (Fsp3) is 0.176. The molecule has 2 amide bonds. The number of nitrogens with one attached hydrogen (secondary N) is 2. The quantitative estimate of drug-likeness (QED) is 0.238. The van der Waals surface area contributed by atoms with Crippen molar-refractivity contribution < 1.29 is 9.59 Å². The second-order valence-corrected chi connectivity index (χ2v) is 10.2. The number of hydrogen-bond donors (Lipinski definition) is 2. The van der Waals surface area contributed by atoms with Gasteiger partial charge in [-0.1, -0.05) is 105 Å². The van der Waals surface area contributed by atoms with Gasteiger partial charge in [-0.15, -0.1) is 0 Å². The van der Waals surface area contributed by atoms with Crippen molar-refractivity contribution in [3.63, 3.8) is 0 Å². The predicted molar refractivity (Wildman–Crippen MR) is 157 cm³/mol. The molecule has 39 heavy (non-hydrogen) atoms. The van der Waals surface area contributed by atoms with Gasteiger partial charge in [0.1, 0.15) is 6.04 Å². The Hall–Kier alpha value is -4.64. The first-order chi connectivity index (χ1) is 19.1. The molecule has 0 saturated heterocycles. The van der Waals surface area contributed by atoms with Crippen LogP contribution in [0.5, 0.6) is 0 Å². The number of fused-ring (bicyclic) bond motifs is 2. The van der Waals surface area contributed by atoms with E-state index in [1.54, 1.807) is 0 Å². The highest BCUT2D eigenvalue weighted by atomic mass is 16.2. The number of benzene rings is 4. The number of aromatic nitrogens is 1. The highest BCUT2D eigenvalue weighted by Crippen LogP contribution is 2.47. The molecule has 194 valence electrons. The van der Waals surface area contributed by atoms with E-state index in [0.29, 0.717) is 11.3 Å². The Kier molecular flexibility index (Phi) is 6.49. The number of aromatic amines is 1. The minimum absolute atomic E-state index is 0.0696. The number of anilines is 1. The molecule has 0 aliphatic carbocycles. The van der Waals surface area contributed by atoms with E-state index in [1.165, 1.54) is 0 Å². The third-order valence-corrected chi connectivity index (χ3v) is 7.87. The SMILES string of the molecule is CCC(C)C(C(=O)Nc1ccccc1)N1C(=O)c2ccccc2C1c1c(-c2ccccc2)[nH]c2ccccc12. The zero-order valence-electron chi connectivity index (χ0n) is 22.1. The number of nitrogens with zero attached hydrogens (tertiary/aromatic N) is 1. The maximum absolute atomic E-state index is 14.2. The molecule has 0 bridgehead atoms. The molecule has 5 nitrogen and oxygen atoms in total. The van der Waals surface area contributed by atoms with Crippen LogP contribution in [-0.2, 0) is 4.79 Å². The first-order valence-corrected chi connectivity index (χ1v) is 13.5. The summed E-state index contributed by atoms with van der Waals surface area (Å²) in [7, 11) is 0. The summed E-state index contributed by atoms with van der Waals surface area (Å²) in [6, 6.07) is 34.5. The molecule has 0 saturated carbocycles. The van der Waals surface area contributed by atoms with E-state index < -0.39 is 12.1 Å². The lowest BCUT2D eigenvalue weighted by molar-refractivity contribution is -0.122. The van der Waals surface area contributed by atoms with Crippen LogP contribution in [0.1, 0.15) is 47.8 Å². The molecule has 1 aromatic heterocycles. The minimum Gasteiger partial charge on any atom is -0.354 e. The largest absolute Gasteiger partial charge is 0.354 e. The van der Waals surface area contributed by atoms with E-state index in [9.17, 15) is 9.59 Å². The topological polar surface area (TPSA) is 65.2 Å². The Morgan fingerprint density at radius 1 is 0.872 bits per heavy atom. The van der Waals surface area contributed by atoms with Crippen molar-refractivity contribution in [3.05, 3.63) is 126 Å². The second kappa shape index (κ2) is 10.3. The first-order valence-electron chi connectivity index (χ1n) is 13.5. The fourth-order valence-corrected chi connectivity index (χ4v) is 5.82. The fourth-order valence-electron chi connectivity index (χ4n) is 5.82. The van der Waals surface area contributed by atoms with Gasteiger partial charge in [0.2, 0.25) is 5.91 Å². The third-order valence-electron chi connectivity index (χ3n) is 7.87. The van der Waals surface area contributed by atoms with E-state index >= 15 is 0 Å². The Balaban J connectivity index is 1.57. The smallest absolute Gasteiger partial charge is 0.255 e. The highest BCUT2D eigenvalue weighted by Gasteiger charge is 2.47. The van der Waals surface area contributed by atoms with Crippen molar-refractivity contribution in [1.29, 1.82) is 0 Å². The zero-order chi connectivity index (χ0) is 26.9. The van der Waals surface area contributed by atoms with Gasteiger partial charge in [-0.05, 0) is 41.3 Å². The van der Waals surface area contributed by atoms with Crippen LogP contribution in [-0.4, -0.2) is 27.7 Å².